The third kappa shape index (κ3) is 5.19. The van der Waals surface area contributed by atoms with Crippen molar-refractivity contribution in [3.63, 3.8) is 0 Å². The minimum atomic E-state index is -3.99. The summed E-state index contributed by atoms with van der Waals surface area (Å²) >= 11 is 3.43. The van der Waals surface area contributed by atoms with Gasteiger partial charge in [0.05, 0.1) is 45.6 Å². The van der Waals surface area contributed by atoms with Crippen molar-refractivity contribution in [3.8, 4) is 17.6 Å². The number of rotatable bonds is 7. The average molecular weight is 636 g/mol. The van der Waals surface area contributed by atoms with Crippen LogP contribution in [0.25, 0.3) is 10.9 Å². The molecule has 2 fully saturated rings. The van der Waals surface area contributed by atoms with Crippen LogP contribution in [0, 0.1) is 17.1 Å². The van der Waals surface area contributed by atoms with Gasteiger partial charge in [-0.05, 0) is 72.5 Å². The minimum Gasteiger partial charge on any atom is -0.452 e. The molecule has 0 amide bonds. The summed E-state index contributed by atoms with van der Waals surface area (Å²) in [5, 5.41) is 13.4. The van der Waals surface area contributed by atoms with Gasteiger partial charge in [-0.2, -0.15) is 18.0 Å². The first-order valence-electron chi connectivity index (χ1n) is 12.8. The molecule has 40 heavy (non-hydrogen) atoms. The number of hydrogen-bond acceptors (Lipinski definition) is 8. The second-order valence-electron chi connectivity index (χ2n) is 9.86. The first-order valence-corrected chi connectivity index (χ1v) is 15.0. The molecule has 2 N–H and O–H groups in total. The van der Waals surface area contributed by atoms with Crippen molar-refractivity contribution in [3.05, 3.63) is 56.8 Å². The van der Waals surface area contributed by atoms with E-state index in [0.717, 1.165) is 42.4 Å². The lowest BCUT2D eigenvalue weighted by Gasteiger charge is -2.32. The second-order valence-corrected chi connectivity index (χ2v) is 12.4. The Bertz CT molecular complexity index is 1670. The van der Waals surface area contributed by atoms with Crippen LogP contribution in [0.2, 0.25) is 0 Å². The molecule has 1 atom stereocenters. The summed E-state index contributed by atoms with van der Waals surface area (Å²) < 4.78 is 57.1. The molecule has 14 heteroatoms. The summed E-state index contributed by atoms with van der Waals surface area (Å²) in [6, 6.07) is 6.85. The quantitative estimate of drug-likeness (QED) is 0.402. The number of nitrogens with one attached hydrogen (secondary N) is 2. The molecule has 2 aliphatic rings. The van der Waals surface area contributed by atoms with Gasteiger partial charge in [0.2, 0.25) is 0 Å². The predicted octanol–water partition coefficient (Wildman–Crippen LogP) is 3.65. The molecule has 1 spiro atoms. The monoisotopic (exact) mass is 634 g/mol. The molecule has 11 nitrogen and oxygen atoms in total. The van der Waals surface area contributed by atoms with E-state index in [1.54, 1.807) is 17.6 Å². The van der Waals surface area contributed by atoms with Crippen molar-refractivity contribution in [2.24, 2.45) is 0 Å². The molecule has 2 aromatic carbocycles. The third-order valence-electron chi connectivity index (χ3n) is 7.48. The highest BCUT2D eigenvalue weighted by Gasteiger charge is 2.42. The number of ether oxygens (including phenoxy) is 2. The fourth-order valence-electron chi connectivity index (χ4n) is 5.08. The van der Waals surface area contributed by atoms with Crippen LogP contribution in [-0.2, 0) is 14.9 Å². The van der Waals surface area contributed by atoms with E-state index < -0.39 is 21.8 Å². The maximum absolute atomic E-state index is 15.0. The van der Waals surface area contributed by atoms with Gasteiger partial charge in [0.1, 0.15) is 17.4 Å². The lowest BCUT2D eigenvalue weighted by atomic mass is 9.88. The van der Waals surface area contributed by atoms with Crippen LogP contribution in [-0.4, -0.2) is 61.2 Å². The zero-order valence-electron chi connectivity index (χ0n) is 21.9. The van der Waals surface area contributed by atoms with E-state index in [-0.39, 0.29) is 50.6 Å². The SMILES string of the molecule is CCN(C)S(=O)(=O)Nc1ccc(F)c(Oc2ccc3ncn([C@H]4COC5(CCNCC5)C4)c(=O)c3c2Br)c1C#N. The number of benzene rings is 2. The summed E-state index contributed by atoms with van der Waals surface area (Å²) in [5.74, 6) is -1.31. The summed E-state index contributed by atoms with van der Waals surface area (Å²) in [4.78, 5) is 18.1. The largest absolute Gasteiger partial charge is 0.452 e. The van der Waals surface area contributed by atoms with Gasteiger partial charge in [-0.25, -0.2) is 9.37 Å². The van der Waals surface area contributed by atoms with Crippen molar-refractivity contribution >= 4 is 42.7 Å². The lowest BCUT2D eigenvalue weighted by molar-refractivity contribution is -0.0196. The van der Waals surface area contributed by atoms with Gasteiger partial charge in [-0.1, -0.05) is 6.92 Å². The standard InChI is InChI=1S/C26H28BrFN6O5S/c1-3-33(2)40(36,37)32-19-5-4-18(28)24(17(19)13-29)39-21-7-6-20-22(23(21)27)25(35)34(15-31-20)16-12-26(38-14-16)8-10-30-11-9-26/h4-7,15-16,30,32H,3,8-12,14H2,1-2H3/t16-/m1/s1. The number of fused-ring (bicyclic) bond motifs is 1. The van der Waals surface area contributed by atoms with Crippen molar-refractivity contribution in [2.45, 2.75) is 37.8 Å². The van der Waals surface area contributed by atoms with Crippen LogP contribution >= 0.6 is 15.9 Å². The molecule has 2 aliphatic heterocycles. The molecule has 212 valence electrons. The Morgan fingerprint density at radius 1 is 1.35 bits per heavy atom. The molecule has 3 aromatic rings. The maximum Gasteiger partial charge on any atom is 0.301 e. The van der Waals surface area contributed by atoms with Crippen LogP contribution in [0.1, 0.15) is 37.8 Å². The van der Waals surface area contributed by atoms with E-state index in [9.17, 15) is 22.9 Å². The molecule has 0 saturated carbocycles. The highest BCUT2D eigenvalue weighted by atomic mass is 79.9. The van der Waals surface area contributed by atoms with E-state index >= 15 is 0 Å². The van der Waals surface area contributed by atoms with Gasteiger partial charge in [0.25, 0.3) is 5.56 Å². The van der Waals surface area contributed by atoms with E-state index in [1.807, 2.05) is 6.07 Å². The average Bonchev–Trinajstić information content (AvgIpc) is 3.34. The van der Waals surface area contributed by atoms with Crippen molar-refractivity contribution in [1.29, 1.82) is 5.26 Å². The van der Waals surface area contributed by atoms with E-state index in [0.29, 0.717) is 18.5 Å². The summed E-state index contributed by atoms with van der Waals surface area (Å²) in [6.07, 6.45) is 3.96. The fourth-order valence-corrected chi connectivity index (χ4v) is 6.61. The predicted molar refractivity (Wildman–Crippen MR) is 150 cm³/mol. The summed E-state index contributed by atoms with van der Waals surface area (Å²) in [7, 11) is -2.62. The molecule has 0 bridgehead atoms. The molecular weight excluding hydrogens is 607 g/mol. The number of anilines is 1. The van der Waals surface area contributed by atoms with Crippen LogP contribution in [0.5, 0.6) is 11.5 Å². The van der Waals surface area contributed by atoms with Gasteiger partial charge in [0, 0.05) is 13.6 Å². The van der Waals surface area contributed by atoms with Gasteiger partial charge < -0.3 is 14.8 Å². The Kier molecular flexibility index (Phi) is 7.86. The highest BCUT2D eigenvalue weighted by Crippen LogP contribution is 2.41. The Hall–Kier alpha value is -3.09. The Morgan fingerprint density at radius 3 is 2.80 bits per heavy atom. The number of hydrogen-bond donors (Lipinski definition) is 2. The molecule has 0 unspecified atom stereocenters. The zero-order valence-corrected chi connectivity index (χ0v) is 24.3. The van der Waals surface area contributed by atoms with Gasteiger partial charge in [-0.15, -0.1) is 0 Å². The lowest BCUT2D eigenvalue weighted by Crippen LogP contribution is -2.41. The van der Waals surface area contributed by atoms with E-state index in [4.69, 9.17) is 9.47 Å². The minimum absolute atomic E-state index is 0.0581. The number of piperidine rings is 1. The number of halogens is 2. The van der Waals surface area contributed by atoms with E-state index in [1.165, 1.54) is 19.4 Å². The van der Waals surface area contributed by atoms with Gasteiger partial charge in [-0.3, -0.25) is 14.1 Å². The molecule has 0 aliphatic carbocycles. The Labute approximate surface area is 239 Å². The Morgan fingerprint density at radius 2 is 2.10 bits per heavy atom. The Balaban J connectivity index is 1.51. The summed E-state index contributed by atoms with van der Waals surface area (Å²) in [6.45, 7) is 3.96. The molecule has 5 rings (SSSR count). The third-order valence-corrected chi connectivity index (χ3v) is 9.82. The fraction of sp³-hybridized carbons (Fsp3) is 0.423. The zero-order chi connectivity index (χ0) is 28.7. The van der Waals surface area contributed by atoms with Crippen LogP contribution in [0.4, 0.5) is 10.1 Å². The van der Waals surface area contributed by atoms with Crippen molar-refractivity contribution < 1.29 is 22.3 Å². The highest BCUT2D eigenvalue weighted by molar-refractivity contribution is 9.10. The molecule has 1 aromatic heterocycles. The smallest absolute Gasteiger partial charge is 0.301 e. The normalized spacial score (nSPS) is 18.8. The van der Waals surface area contributed by atoms with Crippen LogP contribution in [0.15, 0.2) is 39.9 Å². The number of aromatic nitrogens is 2. The first kappa shape index (κ1) is 28.4. The molecule has 3 heterocycles. The topological polar surface area (TPSA) is 139 Å². The number of nitriles is 1. The first-order chi connectivity index (χ1) is 19.1. The maximum atomic E-state index is 15.0. The molecular formula is C26H28BrFN6O5S. The van der Waals surface area contributed by atoms with Crippen LogP contribution < -0.4 is 20.3 Å². The molecule has 0 radical (unpaired) electrons. The summed E-state index contributed by atoms with van der Waals surface area (Å²) in [5.41, 5.74) is -0.656. The second kappa shape index (κ2) is 11.1. The van der Waals surface area contributed by atoms with Gasteiger partial charge in [0.15, 0.2) is 11.6 Å². The van der Waals surface area contributed by atoms with Crippen molar-refractivity contribution in [2.75, 3.05) is 38.0 Å². The van der Waals surface area contributed by atoms with E-state index in [2.05, 4.69) is 31.0 Å². The van der Waals surface area contributed by atoms with Crippen molar-refractivity contribution in [1.82, 2.24) is 19.2 Å². The molecule has 2 saturated heterocycles. The van der Waals surface area contributed by atoms with Crippen LogP contribution in [0.3, 0.4) is 0 Å². The number of nitrogens with zero attached hydrogens (tertiary/aromatic N) is 4. The van der Waals surface area contributed by atoms with Gasteiger partial charge >= 0.3 is 10.2 Å².